The highest BCUT2D eigenvalue weighted by molar-refractivity contribution is 6.01. The van der Waals surface area contributed by atoms with Crippen LogP contribution in [0, 0.1) is 0 Å². The molecule has 1 saturated carbocycles. The number of ether oxygens (including phenoxy) is 1. The van der Waals surface area contributed by atoms with Crippen molar-refractivity contribution in [1.29, 1.82) is 0 Å². The molecule has 1 fully saturated rings. The zero-order valence-electron chi connectivity index (χ0n) is 10.9. The van der Waals surface area contributed by atoms with E-state index in [4.69, 9.17) is 10.5 Å². The summed E-state index contributed by atoms with van der Waals surface area (Å²) in [5.74, 6) is 0.716. The number of hydrogen-bond donors (Lipinski definition) is 2. The summed E-state index contributed by atoms with van der Waals surface area (Å²) in [6, 6.07) is 5.62. The first kappa shape index (κ1) is 12.9. The molecule has 0 heterocycles. The molecule has 1 aromatic carbocycles. The number of anilines is 1. The number of carbonyl (C=O) groups is 1. The number of carbonyl (C=O) groups excluding carboxylic acids is 1. The van der Waals surface area contributed by atoms with Crippen LogP contribution in [0.4, 0.5) is 5.69 Å². The number of nitrogen functional groups attached to an aromatic ring is 1. The maximum absolute atomic E-state index is 12.3. The summed E-state index contributed by atoms with van der Waals surface area (Å²) >= 11 is 0. The molecule has 1 aliphatic rings. The van der Waals surface area contributed by atoms with Crippen molar-refractivity contribution in [3.8, 4) is 5.75 Å². The van der Waals surface area contributed by atoms with Crippen LogP contribution < -0.4 is 15.8 Å². The van der Waals surface area contributed by atoms with Crippen molar-refractivity contribution in [2.45, 2.75) is 38.3 Å². The summed E-state index contributed by atoms with van der Waals surface area (Å²) < 4.78 is 5.09. The maximum atomic E-state index is 12.3. The summed E-state index contributed by atoms with van der Waals surface area (Å²) in [6.07, 6.45) is 3.14. The second-order valence-corrected chi connectivity index (χ2v) is 4.72. The fourth-order valence-corrected chi connectivity index (χ4v) is 2.00. The molecule has 4 heteroatoms. The molecule has 1 atom stereocenters. The Labute approximate surface area is 108 Å². The zero-order valence-corrected chi connectivity index (χ0v) is 10.9. The lowest BCUT2D eigenvalue weighted by atomic mass is 10.0. The van der Waals surface area contributed by atoms with Gasteiger partial charge in [0.25, 0.3) is 0 Å². The van der Waals surface area contributed by atoms with Crippen LogP contribution in [0.25, 0.3) is 0 Å². The zero-order chi connectivity index (χ0) is 13.1. The monoisotopic (exact) mass is 248 g/mol. The fourth-order valence-electron chi connectivity index (χ4n) is 2.00. The first-order valence-electron chi connectivity index (χ1n) is 6.39. The average molecular weight is 248 g/mol. The molecule has 1 aliphatic carbocycles. The highest BCUT2D eigenvalue weighted by Gasteiger charge is 2.27. The molecule has 98 valence electrons. The van der Waals surface area contributed by atoms with Crippen molar-refractivity contribution in [2.24, 2.45) is 0 Å². The van der Waals surface area contributed by atoms with Crippen LogP contribution >= 0.6 is 0 Å². The Bertz CT molecular complexity index is 441. The van der Waals surface area contributed by atoms with E-state index < -0.39 is 0 Å². The highest BCUT2D eigenvalue weighted by Crippen LogP contribution is 2.24. The second-order valence-electron chi connectivity index (χ2n) is 4.72. The number of rotatable bonds is 6. The van der Waals surface area contributed by atoms with Gasteiger partial charge < -0.3 is 15.8 Å². The van der Waals surface area contributed by atoms with Crippen LogP contribution in [0.2, 0.25) is 0 Å². The van der Waals surface area contributed by atoms with Crippen molar-refractivity contribution in [2.75, 3.05) is 12.8 Å². The van der Waals surface area contributed by atoms with Crippen LogP contribution in [-0.2, 0) is 0 Å². The normalized spacial score (nSPS) is 16.3. The van der Waals surface area contributed by atoms with Crippen LogP contribution in [0.15, 0.2) is 18.2 Å². The van der Waals surface area contributed by atoms with Gasteiger partial charge in [-0.25, -0.2) is 0 Å². The molecule has 1 aromatic rings. The van der Waals surface area contributed by atoms with Gasteiger partial charge in [-0.15, -0.1) is 0 Å². The van der Waals surface area contributed by atoms with Gasteiger partial charge in [-0.1, -0.05) is 6.92 Å². The van der Waals surface area contributed by atoms with Crippen LogP contribution in [0.3, 0.4) is 0 Å². The quantitative estimate of drug-likeness (QED) is 0.597. The van der Waals surface area contributed by atoms with Crippen LogP contribution in [-0.4, -0.2) is 25.0 Å². The van der Waals surface area contributed by atoms with Crippen LogP contribution in [0.1, 0.15) is 36.5 Å². The molecular formula is C14H20N2O2. The summed E-state index contributed by atoms with van der Waals surface area (Å²) in [7, 11) is 1.57. The predicted octanol–water partition coefficient (Wildman–Crippen LogP) is 1.99. The molecule has 18 heavy (non-hydrogen) atoms. The summed E-state index contributed by atoms with van der Waals surface area (Å²) in [4.78, 5) is 12.3. The van der Waals surface area contributed by atoms with Gasteiger partial charge >= 0.3 is 0 Å². The largest absolute Gasteiger partial charge is 0.495 e. The molecule has 0 spiro atoms. The molecule has 0 amide bonds. The highest BCUT2D eigenvalue weighted by atomic mass is 16.5. The van der Waals surface area contributed by atoms with Gasteiger partial charge in [0.2, 0.25) is 0 Å². The lowest BCUT2D eigenvalue weighted by molar-refractivity contribution is 0.0939. The number of nitrogens with one attached hydrogen (secondary N) is 1. The standard InChI is InChI=1S/C14H20N2O2/c1-3-12(16-10-5-6-10)14(17)9-4-7-13(18-2)11(15)8-9/h4,7-8,10,12,16H,3,5-6,15H2,1-2H3. The van der Waals surface area contributed by atoms with Crippen molar-refractivity contribution < 1.29 is 9.53 Å². The van der Waals surface area contributed by atoms with Crippen molar-refractivity contribution in [3.05, 3.63) is 23.8 Å². The lowest BCUT2D eigenvalue weighted by Crippen LogP contribution is -2.37. The fraction of sp³-hybridized carbons (Fsp3) is 0.500. The number of hydrogen-bond acceptors (Lipinski definition) is 4. The number of methoxy groups -OCH3 is 1. The first-order chi connectivity index (χ1) is 8.65. The van der Waals surface area contributed by atoms with Gasteiger partial charge in [-0.3, -0.25) is 4.79 Å². The van der Waals surface area contributed by atoms with E-state index >= 15 is 0 Å². The Morgan fingerprint density at radius 2 is 2.28 bits per heavy atom. The molecule has 0 radical (unpaired) electrons. The second kappa shape index (κ2) is 5.40. The van der Waals surface area contributed by atoms with Gasteiger partial charge in [-0.2, -0.15) is 0 Å². The van der Waals surface area contributed by atoms with Crippen molar-refractivity contribution in [3.63, 3.8) is 0 Å². The van der Waals surface area contributed by atoms with E-state index in [1.54, 1.807) is 25.3 Å². The number of nitrogens with two attached hydrogens (primary N) is 1. The Kier molecular flexibility index (Phi) is 3.87. The Morgan fingerprint density at radius 1 is 1.56 bits per heavy atom. The van der Waals surface area contributed by atoms with Crippen LogP contribution in [0.5, 0.6) is 5.75 Å². The minimum atomic E-state index is -0.106. The Hall–Kier alpha value is -1.55. The Balaban J connectivity index is 2.13. The van der Waals surface area contributed by atoms with E-state index in [1.165, 1.54) is 12.8 Å². The molecule has 4 nitrogen and oxygen atoms in total. The van der Waals surface area contributed by atoms with Gasteiger partial charge in [-0.05, 0) is 37.5 Å². The van der Waals surface area contributed by atoms with Crippen molar-refractivity contribution >= 4 is 11.5 Å². The molecule has 0 aromatic heterocycles. The number of Topliss-reactive ketones (excluding diaryl/α,β-unsaturated/α-hetero) is 1. The smallest absolute Gasteiger partial charge is 0.179 e. The van der Waals surface area contributed by atoms with E-state index in [9.17, 15) is 4.79 Å². The molecule has 0 aliphatic heterocycles. The first-order valence-corrected chi connectivity index (χ1v) is 6.39. The molecular weight excluding hydrogens is 228 g/mol. The SMILES string of the molecule is CCC(NC1CC1)C(=O)c1ccc(OC)c(N)c1. The van der Waals surface area contributed by atoms with Gasteiger partial charge in [0.15, 0.2) is 5.78 Å². The third kappa shape index (κ3) is 2.82. The molecule has 3 N–H and O–H groups in total. The molecule has 0 saturated heterocycles. The van der Waals surface area contributed by atoms with E-state index in [1.807, 2.05) is 6.92 Å². The summed E-state index contributed by atoms with van der Waals surface area (Å²) in [5, 5.41) is 3.37. The molecule has 1 unspecified atom stereocenters. The number of benzene rings is 1. The maximum Gasteiger partial charge on any atom is 0.179 e. The van der Waals surface area contributed by atoms with Gasteiger partial charge in [0.05, 0.1) is 18.8 Å². The van der Waals surface area contributed by atoms with E-state index in [0.29, 0.717) is 23.0 Å². The lowest BCUT2D eigenvalue weighted by Gasteiger charge is -2.16. The Morgan fingerprint density at radius 3 is 2.78 bits per heavy atom. The van der Waals surface area contributed by atoms with Crippen molar-refractivity contribution in [1.82, 2.24) is 5.32 Å². The third-order valence-electron chi connectivity index (χ3n) is 3.25. The van der Waals surface area contributed by atoms with Gasteiger partial charge in [0.1, 0.15) is 5.75 Å². The molecule has 2 rings (SSSR count). The third-order valence-corrected chi connectivity index (χ3v) is 3.25. The van der Waals surface area contributed by atoms with E-state index in [0.717, 1.165) is 6.42 Å². The predicted molar refractivity (Wildman–Crippen MR) is 72.0 cm³/mol. The molecule has 0 bridgehead atoms. The summed E-state index contributed by atoms with van der Waals surface area (Å²) in [5.41, 5.74) is 6.98. The minimum absolute atomic E-state index is 0.106. The van der Waals surface area contributed by atoms with E-state index in [-0.39, 0.29) is 11.8 Å². The van der Waals surface area contributed by atoms with Gasteiger partial charge in [0, 0.05) is 11.6 Å². The minimum Gasteiger partial charge on any atom is -0.495 e. The number of ketones is 1. The van der Waals surface area contributed by atoms with E-state index in [2.05, 4.69) is 5.32 Å². The summed E-state index contributed by atoms with van der Waals surface area (Å²) in [6.45, 7) is 2.02. The average Bonchev–Trinajstić information content (AvgIpc) is 3.19. The topological polar surface area (TPSA) is 64.3 Å².